The molecule has 3 atom stereocenters. The number of carbonyl (C=O) groups excluding carboxylic acids is 2. The van der Waals surface area contributed by atoms with Crippen molar-refractivity contribution in [3.63, 3.8) is 0 Å². The zero-order chi connectivity index (χ0) is 26.8. The molecule has 7 heteroatoms. The molecule has 3 fully saturated rings. The van der Waals surface area contributed by atoms with Crippen molar-refractivity contribution in [1.29, 1.82) is 0 Å². The van der Waals surface area contributed by atoms with E-state index in [-0.39, 0.29) is 30.0 Å². The molecule has 1 aliphatic carbocycles. The lowest BCUT2D eigenvalue weighted by atomic mass is 9.92. The summed E-state index contributed by atoms with van der Waals surface area (Å²) in [6, 6.07) is 14.6. The zero-order valence-corrected chi connectivity index (χ0v) is 23.0. The second-order valence-electron chi connectivity index (χ2n) is 11.4. The number of nitrogens with zero attached hydrogens (tertiary/aromatic N) is 2. The van der Waals surface area contributed by atoms with Crippen LogP contribution in [0.5, 0.6) is 11.5 Å². The van der Waals surface area contributed by atoms with Crippen LogP contribution < -0.4 is 9.47 Å². The summed E-state index contributed by atoms with van der Waals surface area (Å²) in [5, 5.41) is 0. The standard InChI is InChI=1S/C31H40N2O5/c1-20(2)32-28(15-22-7-11-25(12-8-22)36-17-24-5-6-24)30(34)33(21(3)4)29(31(32)35)16-23-9-13-26(14-10-23)37-18-27-19-38-27/h7-14,20-21,24,27-29H,5-6,15-19H2,1-4H3/t27?,28-,29+/m0/s1. The van der Waals surface area contributed by atoms with Gasteiger partial charge in [-0.15, -0.1) is 0 Å². The maximum atomic E-state index is 14.0. The van der Waals surface area contributed by atoms with Crippen LogP contribution in [0.25, 0.3) is 0 Å². The molecule has 0 N–H and O–H groups in total. The van der Waals surface area contributed by atoms with Crippen LogP contribution >= 0.6 is 0 Å². The van der Waals surface area contributed by atoms with Gasteiger partial charge in [0.2, 0.25) is 11.8 Å². The van der Waals surface area contributed by atoms with Gasteiger partial charge in [-0.25, -0.2) is 0 Å². The number of carbonyl (C=O) groups is 2. The lowest BCUT2D eigenvalue weighted by Crippen LogP contribution is -2.68. The molecule has 38 heavy (non-hydrogen) atoms. The van der Waals surface area contributed by atoms with Gasteiger partial charge in [0, 0.05) is 24.9 Å². The summed E-state index contributed by atoms with van der Waals surface area (Å²) >= 11 is 0. The molecule has 2 saturated heterocycles. The first-order chi connectivity index (χ1) is 18.3. The van der Waals surface area contributed by atoms with E-state index in [2.05, 4.69) is 0 Å². The second-order valence-corrected chi connectivity index (χ2v) is 11.4. The van der Waals surface area contributed by atoms with Gasteiger partial charge >= 0.3 is 0 Å². The molecule has 0 radical (unpaired) electrons. The second kappa shape index (κ2) is 11.4. The Morgan fingerprint density at radius 2 is 1.16 bits per heavy atom. The number of piperazine rings is 1. The van der Waals surface area contributed by atoms with Crippen molar-refractivity contribution in [2.45, 2.75) is 83.6 Å². The largest absolute Gasteiger partial charge is 0.493 e. The molecular weight excluding hydrogens is 480 g/mol. The third kappa shape index (κ3) is 6.32. The topological polar surface area (TPSA) is 71.6 Å². The number of hydrogen-bond acceptors (Lipinski definition) is 5. The molecule has 2 aromatic rings. The number of hydrogen-bond donors (Lipinski definition) is 0. The third-order valence-electron chi connectivity index (χ3n) is 7.59. The molecule has 1 unspecified atom stereocenters. The Labute approximate surface area is 226 Å². The first-order valence-electron chi connectivity index (χ1n) is 14.0. The summed E-state index contributed by atoms with van der Waals surface area (Å²) in [7, 11) is 0. The molecule has 0 spiro atoms. The van der Waals surface area contributed by atoms with Gasteiger partial charge in [0.15, 0.2) is 0 Å². The molecule has 2 amide bonds. The molecule has 0 bridgehead atoms. The number of benzene rings is 2. The summed E-state index contributed by atoms with van der Waals surface area (Å²) < 4.78 is 16.8. The summed E-state index contributed by atoms with van der Waals surface area (Å²) in [6.45, 7) is 10.0. The Balaban J connectivity index is 1.30. The van der Waals surface area contributed by atoms with Crippen LogP contribution in [0, 0.1) is 5.92 Å². The molecule has 2 aromatic carbocycles. The Morgan fingerprint density at radius 3 is 1.53 bits per heavy atom. The molecule has 7 nitrogen and oxygen atoms in total. The molecule has 3 aliphatic rings. The quantitative estimate of drug-likeness (QED) is 0.391. The van der Waals surface area contributed by atoms with Crippen LogP contribution in [0.3, 0.4) is 0 Å². The van der Waals surface area contributed by atoms with Gasteiger partial charge in [-0.2, -0.15) is 0 Å². The van der Waals surface area contributed by atoms with Crippen LogP contribution in [-0.2, 0) is 27.2 Å². The van der Waals surface area contributed by atoms with E-state index in [0.29, 0.717) is 25.4 Å². The maximum absolute atomic E-state index is 14.0. The number of amides is 2. The van der Waals surface area contributed by atoms with Crippen molar-refractivity contribution in [2.24, 2.45) is 5.92 Å². The van der Waals surface area contributed by atoms with Crippen LogP contribution in [-0.4, -0.2) is 71.7 Å². The third-order valence-corrected chi connectivity index (χ3v) is 7.59. The monoisotopic (exact) mass is 520 g/mol. The van der Waals surface area contributed by atoms with Crippen LogP contribution in [0.4, 0.5) is 0 Å². The van der Waals surface area contributed by atoms with Gasteiger partial charge in [-0.1, -0.05) is 24.3 Å². The van der Waals surface area contributed by atoms with E-state index >= 15 is 0 Å². The van der Waals surface area contributed by atoms with Gasteiger partial charge in [0.1, 0.15) is 36.3 Å². The van der Waals surface area contributed by atoms with Crippen molar-refractivity contribution >= 4 is 11.8 Å². The Bertz CT molecular complexity index is 1020. The number of rotatable bonds is 12. The normalized spacial score (nSPS) is 23.4. The molecular formula is C31H40N2O5. The van der Waals surface area contributed by atoms with Gasteiger partial charge in [0.05, 0.1) is 13.2 Å². The highest BCUT2D eigenvalue weighted by Gasteiger charge is 2.47. The fourth-order valence-electron chi connectivity index (χ4n) is 5.23. The molecule has 2 heterocycles. The van der Waals surface area contributed by atoms with E-state index in [1.807, 2.05) is 76.2 Å². The highest BCUT2D eigenvalue weighted by Crippen LogP contribution is 2.31. The minimum absolute atomic E-state index is 0.00824. The predicted molar refractivity (Wildman–Crippen MR) is 145 cm³/mol. The van der Waals surface area contributed by atoms with E-state index in [1.54, 1.807) is 9.80 Å². The highest BCUT2D eigenvalue weighted by molar-refractivity contribution is 5.97. The minimum Gasteiger partial charge on any atom is -0.493 e. The van der Waals surface area contributed by atoms with E-state index < -0.39 is 12.1 Å². The van der Waals surface area contributed by atoms with Crippen molar-refractivity contribution in [3.8, 4) is 11.5 Å². The van der Waals surface area contributed by atoms with E-state index in [4.69, 9.17) is 14.2 Å². The molecule has 2 aliphatic heterocycles. The minimum atomic E-state index is -0.536. The number of ether oxygens (including phenoxy) is 3. The highest BCUT2D eigenvalue weighted by atomic mass is 16.6. The van der Waals surface area contributed by atoms with Crippen molar-refractivity contribution < 1.29 is 23.8 Å². The summed E-state index contributed by atoms with van der Waals surface area (Å²) in [6.07, 6.45) is 3.67. The first-order valence-corrected chi connectivity index (χ1v) is 14.0. The lowest BCUT2D eigenvalue weighted by Gasteiger charge is -2.48. The molecule has 204 valence electrons. The van der Waals surface area contributed by atoms with Crippen molar-refractivity contribution in [3.05, 3.63) is 59.7 Å². The number of epoxide rings is 1. The maximum Gasteiger partial charge on any atom is 0.246 e. The zero-order valence-electron chi connectivity index (χ0n) is 23.0. The first kappa shape index (κ1) is 26.5. The molecule has 0 aromatic heterocycles. The lowest BCUT2D eigenvalue weighted by molar-refractivity contribution is -0.165. The van der Waals surface area contributed by atoms with Gasteiger partial charge in [-0.3, -0.25) is 9.59 Å². The van der Waals surface area contributed by atoms with E-state index in [1.165, 1.54) is 12.8 Å². The predicted octanol–water partition coefficient (Wildman–Crippen LogP) is 4.26. The Morgan fingerprint density at radius 1 is 0.737 bits per heavy atom. The fourth-order valence-corrected chi connectivity index (χ4v) is 5.23. The van der Waals surface area contributed by atoms with Crippen molar-refractivity contribution in [1.82, 2.24) is 9.80 Å². The smallest absolute Gasteiger partial charge is 0.246 e. The molecule has 5 rings (SSSR count). The van der Waals surface area contributed by atoms with Crippen LogP contribution in [0.15, 0.2) is 48.5 Å². The van der Waals surface area contributed by atoms with Gasteiger partial charge in [-0.05, 0) is 81.8 Å². The average molecular weight is 521 g/mol. The summed E-state index contributed by atoms with van der Waals surface area (Å²) in [4.78, 5) is 31.5. The van der Waals surface area contributed by atoms with Gasteiger partial charge < -0.3 is 24.0 Å². The van der Waals surface area contributed by atoms with Crippen molar-refractivity contribution in [2.75, 3.05) is 19.8 Å². The van der Waals surface area contributed by atoms with Crippen LogP contribution in [0.1, 0.15) is 51.7 Å². The van der Waals surface area contributed by atoms with E-state index in [0.717, 1.165) is 35.8 Å². The summed E-state index contributed by atoms with van der Waals surface area (Å²) in [5.41, 5.74) is 2.02. The Hall–Kier alpha value is -3.06. The fraction of sp³-hybridized carbons (Fsp3) is 0.548. The van der Waals surface area contributed by atoms with E-state index in [9.17, 15) is 9.59 Å². The molecule has 1 saturated carbocycles. The SMILES string of the molecule is CC(C)N1C(=O)[C@H](Cc2ccc(OCC3CC3)cc2)N(C(C)C)C(=O)[C@H]1Cc1ccc(OCC2CO2)cc1. The van der Waals surface area contributed by atoms with Gasteiger partial charge in [0.25, 0.3) is 0 Å². The van der Waals surface area contributed by atoms with Crippen LogP contribution in [0.2, 0.25) is 0 Å². The average Bonchev–Trinajstić information content (AvgIpc) is 3.81. The Kier molecular flexibility index (Phi) is 7.93. The summed E-state index contributed by atoms with van der Waals surface area (Å²) in [5.74, 6) is 2.35.